The van der Waals surface area contributed by atoms with Gasteiger partial charge in [0.05, 0.1) is 6.54 Å². The molecule has 1 amide bonds. The van der Waals surface area contributed by atoms with Crippen molar-refractivity contribution in [1.82, 2.24) is 10.2 Å². The molecule has 0 aromatic carbocycles. The van der Waals surface area contributed by atoms with Crippen LogP contribution in [0.3, 0.4) is 0 Å². The maximum absolute atomic E-state index is 11.8. The van der Waals surface area contributed by atoms with E-state index in [4.69, 9.17) is 0 Å². The van der Waals surface area contributed by atoms with Crippen LogP contribution in [0.25, 0.3) is 0 Å². The number of amides is 1. The quantitative estimate of drug-likeness (QED) is 0.751. The van der Waals surface area contributed by atoms with Crippen LogP contribution in [-0.2, 0) is 4.79 Å². The van der Waals surface area contributed by atoms with Gasteiger partial charge in [-0.2, -0.15) is 0 Å². The van der Waals surface area contributed by atoms with E-state index in [2.05, 4.69) is 26.1 Å². The van der Waals surface area contributed by atoms with Crippen molar-refractivity contribution in [3.05, 3.63) is 0 Å². The monoisotopic (exact) mass is 212 g/mol. The summed E-state index contributed by atoms with van der Waals surface area (Å²) in [6.07, 6.45) is 3.46. The number of carbonyl (C=O) groups is 1. The summed E-state index contributed by atoms with van der Waals surface area (Å²) in [5, 5.41) is 3.25. The van der Waals surface area contributed by atoms with Crippen molar-refractivity contribution in [2.45, 2.75) is 46.1 Å². The molecule has 0 aromatic heterocycles. The normalized spacial score (nSPS) is 23.1. The summed E-state index contributed by atoms with van der Waals surface area (Å²) in [5.74, 6) is 1.00. The Morgan fingerprint density at radius 2 is 2.27 bits per heavy atom. The van der Waals surface area contributed by atoms with Gasteiger partial charge in [0.25, 0.3) is 0 Å². The third kappa shape index (κ3) is 3.82. The molecule has 0 bridgehead atoms. The fourth-order valence-electron chi connectivity index (χ4n) is 1.91. The highest BCUT2D eigenvalue weighted by Gasteiger charge is 2.24. The van der Waals surface area contributed by atoms with Crippen LogP contribution >= 0.6 is 0 Å². The van der Waals surface area contributed by atoms with E-state index in [1.165, 1.54) is 12.8 Å². The van der Waals surface area contributed by atoms with Crippen LogP contribution in [-0.4, -0.2) is 36.5 Å². The number of hydrogen-bond acceptors (Lipinski definition) is 2. The number of likely N-dealkylation sites (tertiary alicyclic amines) is 1. The smallest absolute Gasteiger partial charge is 0.236 e. The molecule has 1 aliphatic heterocycles. The Balaban J connectivity index is 2.23. The minimum atomic E-state index is 0.270. The van der Waals surface area contributed by atoms with E-state index in [9.17, 15) is 4.79 Å². The average Bonchev–Trinajstić information content (AvgIpc) is 2.73. The SMILES string of the molecule is CCC1CCN(C(=O)CNC(C)CC)C1. The lowest BCUT2D eigenvalue weighted by Gasteiger charge is -2.18. The van der Waals surface area contributed by atoms with Crippen molar-refractivity contribution >= 4 is 5.91 Å². The third-order valence-electron chi connectivity index (χ3n) is 3.43. The molecule has 2 unspecified atom stereocenters. The standard InChI is InChI=1S/C12H24N2O/c1-4-10(3)13-8-12(15)14-7-6-11(5-2)9-14/h10-11,13H,4-9H2,1-3H3. The highest BCUT2D eigenvalue weighted by Crippen LogP contribution is 2.18. The molecule has 3 nitrogen and oxygen atoms in total. The Morgan fingerprint density at radius 3 is 2.80 bits per heavy atom. The molecule has 88 valence electrons. The Hall–Kier alpha value is -0.570. The summed E-state index contributed by atoms with van der Waals surface area (Å²) in [6, 6.07) is 0.443. The molecule has 0 aromatic rings. The molecule has 0 saturated carbocycles. The van der Waals surface area contributed by atoms with Crippen LogP contribution in [0.4, 0.5) is 0 Å². The van der Waals surface area contributed by atoms with Crippen molar-refractivity contribution < 1.29 is 4.79 Å². The van der Waals surface area contributed by atoms with Gasteiger partial charge in [-0.25, -0.2) is 0 Å². The molecule has 1 aliphatic rings. The van der Waals surface area contributed by atoms with Gasteiger partial charge in [-0.1, -0.05) is 20.3 Å². The predicted octanol–water partition coefficient (Wildman–Crippen LogP) is 1.63. The molecule has 0 aliphatic carbocycles. The molecule has 3 heteroatoms. The van der Waals surface area contributed by atoms with Gasteiger partial charge in [-0.15, -0.1) is 0 Å². The summed E-state index contributed by atoms with van der Waals surface area (Å²) in [5.41, 5.74) is 0. The summed E-state index contributed by atoms with van der Waals surface area (Å²) >= 11 is 0. The number of nitrogens with zero attached hydrogens (tertiary/aromatic N) is 1. The summed E-state index contributed by atoms with van der Waals surface area (Å²) in [7, 11) is 0. The van der Waals surface area contributed by atoms with E-state index in [-0.39, 0.29) is 5.91 Å². The first-order chi connectivity index (χ1) is 7.17. The average molecular weight is 212 g/mol. The van der Waals surface area contributed by atoms with Crippen molar-refractivity contribution in [2.75, 3.05) is 19.6 Å². The van der Waals surface area contributed by atoms with Crippen LogP contribution in [0.1, 0.15) is 40.0 Å². The van der Waals surface area contributed by atoms with E-state index < -0.39 is 0 Å². The van der Waals surface area contributed by atoms with E-state index in [0.29, 0.717) is 12.6 Å². The van der Waals surface area contributed by atoms with Crippen molar-refractivity contribution in [3.8, 4) is 0 Å². The molecule has 2 atom stereocenters. The van der Waals surface area contributed by atoms with E-state index in [1.54, 1.807) is 0 Å². The lowest BCUT2D eigenvalue weighted by Crippen LogP contribution is -2.39. The summed E-state index contributed by atoms with van der Waals surface area (Å²) in [4.78, 5) is 13.8. The maximum Gasteiger partial charge on any atom is 0.236 e. The topological polar surface area (TPSA) is 32.3 Å². The zero-order valence-electron chi connectivity index (χ0n) is 10.3. The fraction of sp³-hybridized carbons (Fsp3) is 0.917. The van der Waals surface area contributed by atoms with Gasteiger partial charge in [0, 0.05) is 19.1 Å². The minimum Gasteiger partial charge on any atom is -0.341 e. The first kappa shape index (κ1) is 12.5. The van der Waals surface area contributed by atoms with Gasteiger partial charge in [0.15, 0.2) is 0 Å². The molecule has 1 heterocycles. The molecule has 1 rings (SSSR count). The van der Waals surface area contributed by atoms with Crippen LogP contribution in [0.15, 0.2) is 0 Å². The number of nitrogens with one attached hydrogen (secondary N) is 1. The highest BCUT2D eigenvalue weighted by molar-refractivity contribution is 5.78. The largest absolute Gasteiger partial charge is 0.341 e. The second kappa shape index (κ2) is 6.11. The predicted molar refractivity (Wildman–Crippen MR) is 62.7 cm³/mol. The van der Waals surface area contributed by atoms with Gasteiger partial charge in [-0.05, 0) is 25.7 Å². The second-order valence-corrected chi connectivity index (χ2v) is 4.59. The van der Waals surface area contributed by atoms with Crippen LogP contribution < -0.4 is 5.32 Å². The second-order valence-electron chi connectivity index (χ2n) is 4.59. The van der Waals surface area contributed by atoms with Crippen molar-refractivity contribution in [3.63, 3.8) is 0 Å². The Labute approximate surface area is 93.2 Å². The molecule has 0 radical (unpaired) electrons. The van der Waals surface area contributed by atoms with Crippen LogP contribution in [0.5, 0.6) is 0 Å². The zero-order chi connectivity index (χ0) is 11.3. The van der Waals surface area contributed by atoms with Gasteiger partial charge < -0.3 is 10.2 Å². The minimum absolute atomic E-state index is 0.270. The molecule has 1 saturated heterocycles. The Bertz CT molecular complexity index is 206. The van der Waals surface area contributed by atoms with Crippen LogP contribution in [0, 0.1) is 5.92 Å². The molecule has 0 spiro atoms. The van der Waals surface area contributed by atoms with Crippen molar-refractivity contribution in [2.24, 2.45) is 5.92 Å². The van der Waals surface area contributed by atoms with Gasteiger partial charge in [0.2, 0.25) is 5.91 Å². The number of rotatable bonds is 5. The molecular formula is C12H24N2O. The fourth-order valence-corrected chi connectivity index (χ4v) is 1.91. The van der Waals surface area contributed by atoms with Gasteiger partial charge in [-0.3, -0.25) is 4.79 Å². The lowest BCUT2D eigenvalue weighted by atomic mass is 10.1. The van der Waals surface area contributed by atoms with E-state index in [0.717, 1.165) is 25.4 Å². The summed E-state index contributed by atoms with van der Waals surface area (Å²) in [6.45, 7) is 8.88. The first-order valence-corrected chi connectivity index (χ1v) is 6.18. The first-order valence-electron chi connectivity index (χ1n) is 6.18. The van der Waals surface area contributed by atoms with E-state index in [1.807, 2.05) is 4.90 Å². The summed E-state index contributed by atoms with van der Waals surface area (Å²) < 4.78 is 0. The Kier molecular flexibility index (Phi) is 5.09. The highest BCUT2D eigenvalue weighted by atomic mass is 16.2. The van der Waals surface area contributed by atoms with Crippen LogP contribution in [0.2, 0.25) is 0 Å². The molecular weight excluding hydrogens is 188 g/mol. The Morgan fingerprint density at radius 1 is 1.53 bits per heavy atom. The van der Waals surface area contributed by atoms with Gasteiger partial charge in [0.1, 0.15) is 0 Å². The molecule has 15 heavy (non-hydrogen) atoms. The third-order valence-corrected chi connectivity index (χ3v) is 3.43. The molecule has 1 fully saturated rings. The van der Waals surface area contributed by atoms with Crippen molar-refractivity contribution in [1.29, 1.82) is 0 Å². The molecule has 1 N–H and O–H groups in total. The van der Waals surface area contributed by atoms with E-state index >= 15 is 0 Å². The maximum atomic E-state index is 11.8. The zero-order valence-corrected chi connectivity index (χ0v) is 10.3. The van der Waals surface area contributed by atoms with Gasteiger partial charge >= 0.3 is 0 Å². The lowest BCUT2D eigenvalue weighted by molar-refractivity contribution is -0.129. The number of carbonyl (C=O) groups excluding carboxylic acids is 1. The number of hydrogen-bond donors (Lipinski definition) is 1.